The number of rotatable bonds is 16. The van der Waals surface area contributed by atoms with Crippen LogP contribution in [-0.4, -0.2) is 190 Å². The molecular weight excluding hydrogens is 923 g/mol. The number of esters is 3. The van der Waals surface area contributed by atoms with Crippen LogP contribution in [0.25, 0.3) is 0 Å². The molecule has 5 rings (SSSR count). The summed E-state index contributed by atoms with van der Waals surface area (Å²) in [7, 11) is 0. The average Bonchev–Trinajstić information content (AvgIpc) is 3.60. The van der Waals surface area contributed by atoms with E-state index in [9.17, 15) is 44.4 Å². The molecule has 0 bridgehead atoms. The van der Waals surface area contributed by atoms with Crippen LogP contribution in [0.1, 0.15) is 154 Å². The number of nitrogens with one attached hydrogen (secondary N) is 1. The van der Waals surface area contributed by atoms with Gasteiger partial charge < -0.3 is 40.0 Å². The summed E-state index contributed by atoms with van der Waals surface area (Å²) in [5.41, 5.74) is -2.43. The Balaban J connectivity index is 1.20. The molecule has 1 heterocycles. The number of aliphatic carboxylic acids is 1. The van der Waals surface area contributed by atoms with E-state index in [1.54, 1.807) is 0 Å². The van der Waals surface area contributed by atoms with Crippen LogP contribution in [-0.2, 0) is 38.2 Å². The number of carbonyl (C=O) groups excluding carboxylic acids is 4. The Morgan fingerprint density at radius 2 is 1.11 bits per heavy atom. The van der Waals surface area contributed by atoms with E-state index in [-0.39, 0.29) is 122 Å². The summed E-state index contributed by atoms with van der Waals surface area (Å²) in [6.07, 6.45) is 4.88. The van der Waals surface area contributed by atoms with Crippen LogP contribution in [0, 0.1) is 46.3 Å². The largest absolute Gasteiger partial charge is 0.481 e. The molecule has 0 aromatic rings. The van der Waals surface area contributed by atoms with Crippen molar-refractivity contribution in [1.29, 1.82) is 0 Å². The van der Waals surface area contributed by atoms with E-state index in [0.717, 1.165) is 32.1 Å². The first kappa shape index (κ1) is 59.9. The highest BCUT2D eigenvalue weighted by Gasteiger charge is 2.65. The Morgan fingerprint density at radius 1 is 0.639 bits per heavy atom. The molecule has 5 N–H and O–H groups in total. The Bertz CT molecular complexity index is 1790. The minimum Gasteiger partial charge on any atom is -0.481 e. The summed E-state index contributed by atoms with van der Waals surface area (Å²) in [4.78, 5) is 72.6. The van der Waals surface area contributed by atoms with Gasteiger partial charge in [0.05, 0.1) is 37.9 Å². The third kappa shape index (κ3) is 17.0. The van der Waals surface area contributed by atoms with Gasteiger partial charge in [0.15, 0.2) is 0 Å². The highest BCUT2D eigenvalue weighted by atomic mass is 16.6. The second-order valence-electron chi connectivity index (χ2n) is 26.1. The van der Waals surface area contributed by atoms with Crippen LogP contribution in [0.4, 0.5) is 0 Å². The maximum absolute atomic E-state index is 13.6. The number of aliphatic hydroxyl groups excluding tert-OH is 3. The lowest BCUT2D eigenvalue weighted by molar-refractivity contribution is -0.202. The molecule has 1 saturated heterocycles. The molecule has 4 saturated carbocycles. The van der Waals surface area contributed by atoms with Gasteiger partial charge in [-0.25, -0.2) is 0 Å². The van der Waals surface area contributed by atoms with Crippen molar-refractivity contribution < 1.29 is 58.6 Å². The fraction of sp³-hybridized carbons (Fsp3) is 0.909. The SMILES string of the molecule is C[C@H](CCC(=O)O)[C@H]1CC[C@H]2[C@@H]3[C@H](O)C[C@@H]4C[C@@H](NC(=O)CCC(O)CN5CCN(CC(=O)OC(C)(C)C)CCN(CC(=O)OC(C)(C)C)CCN(CC(=O)OC(C)(C)C)CC5)CC[C@]4(C)[C@H]3C[C@H](O)[C@]12C. The van der Waals surface area contributed by atoms with E-state index < -0.39 is 41.1 Å². The Hall–Kier alpha value is -2.93. The first-order valence-corrected chi connectivity index (χ1v) is 27.5. The molecule has 12 atom stereocenters. The molecule has 1 aliphatic heterocycles. The van der Waals surface area contributed by atoms with Crippen LogP contribution in [0.15, 0.2) is 0 Å². The summed E-state index contributed by atoms with van der Waals surface area (Å²) >= 11 is 0. The maximum atomic E-state index is 13.6. The molecule has 1 unspecified atom stereocenters. The third-order valence-electron chi connectivity index (χ3n) is 17.1. The summed E-state index contributed by atoms with van der Waals surface area (Å²) in [5, 5.41) is 48.1. The number of β-amino-alcohol motifs (C(OH)–C–C–N with tert-alkyl or cyclic N) is 1. The number of carboxylic acid groups (broad SMARTS) is 1. The maximum Gasteiger partial charge on any atom is 0.320 e. The van der Waals surface area contributed by atoms with Gasteiger partial charge in [0.25, 0.3) is 0 Å². The van der Waals surface area contributed by atoms with Crippen molar-refractivity contribution in [2.45, 2.75) is 195 Å². The number of hydrogen-bond donors (Lipinski definition) is 5. The Morgan fingerprint density at radius 3 is 1.57 bits per heavy atom. The van der Waals surface area contributed by atoms with Crippen LogP contribution >= 0.6 is 0 Å². The van der Waals surface area contributed by atoms with Crippen LogP contribution < -0.4 is 5.32 Å². The lowest BCUT2D eigenvalue weighted by atomic mass is 9.43. The van der Waals surface area contributed by atoms with Gasteiger partial charge in [-0.05, 0) is 166 Å². The summed E-state index contributed by atoms with van der Waals surface area (Å²) in [6, 6.07) is -0.0526. The van der Waals surface area contributed by atoms with E-state index in [2.05, 4.69) is 31.0 Å². The number of hydrogen-bond acceptors (Lipinski definition) is 15. The van der Waals surface area contributed by atoms with Crippen molar-refractivity contribution in [3.05, 3.63) is 0 Å². The lowest BCUT2D eigenvalue weighted by Crippen LogP contribution is -2.63. The molecule has 17 heteroatoms. The predicted molar refractivity (Wildman–Crippen MR) is 274 cm³/mol. The molecule has 5 fully saturated rings. The van der Waals surface area contributed by atoms with E-state index >= 15 is 0 Å². The zero-order chi connectivity index (χ0) is 53.6. The van der Waals surface area contributed by atoms with Crippen molar-refractivity contribution in [1.82, 2.24) is 24.9 Å². The van der Waals surface area contributed by atoms with Gasteiger partial charge in [-0.2, -0.15) is 0 Å². The molecular formula is C55H97N5O12. The Kier molecular flexibility index (Phi) is 20.7. The predicted octanol–water partition coefficient (Wildman–Crippen LogP) is 4.96. The number of carboxylic acids is 1. The smallest absolute Gasteiger partial charge is 0.320 e. The molecule has 0 aromatic heterocycles. The van der Waals surface area contributed by atoms with Crippen molar-refractivity contribution in [2.24, 2.45) is 46.3 Å². The highest BCUT2D eigenvalue weighted by molar-refractivity contribution is 5.76. The molecule has 414 valence electrons. The normalized spacial score (nSPS) is 32.7. The number of aliphatic hydroxyl groups is 3. The van der Waals surface area contributed by atoms with Gasteiger partial charge in [0.2, 0.25) is 5.91 Å². The quantitative estimate of drug-likeness (QED) is 0.102. The molecule has 1 amide bonds. The van der Waals surface area contributed by atoms with Crippen molar-refractivity contribution >= 4 is 29.8 Å². The topological polar surface area (TPSA) is 219 Å². The molecule has 0 aromatic carbocycles. The molecule has 0 spiro atoms. The fourth-order valence-electron chi connectivity index (χ4n) is 13.7. The van der Waals surface area contributed by atoms with Gasteiger partial charge in [-0.1, -0.05) is 20.8 Å². The highest BCUT2D eigenvalue weighted by Crippen LogP contribution is 2.68. The van der Waals surface area contributed by atoms with Gasteiger partial charge in [0, 0.05) is 77.8 Å². The summed E-state index contributed by atoms with van der Waals surface area (Å²) in [6.45, 7) is 27.2. The van der Waals surface area contributed by atoms with Gasteiger partial charge in [-0.3, -0.25) is 43.6 Å². The van der Waals surface area contributed by atoms with Crippen LogP contribution in [0.3, 0.4) is 0 Å². The number of nitrogens with zero attached hydrogens (tertiary/aromatic N) is 4. The Labute approximate surface area is 431 Å². The molecule has 5 aliphatic rings. The van der Waals surface area contributed by atoms with Crippen molar-refractivity contribution in [2.75, 3.05) is 78.5 Å². The summed E-state index contributed by atoms with van der Waals surface area (Å²) in [5.74, 6) is -0.987. The minimum absolute atomic E-state index is 0.0412. The number of amides is 1. The second kappa shape index (κ2) is 24.8. The molecule has 0 radical (unpaired) electrons. The zero-order valence-corrected chi connectivity index (χ0v) is 46.4. The lowest BCUT2D eigenvalue weighted by Gasteiger charge is -2.63. The first-order chi connectivity index (χ1) is 33.3. The number of ether oxygens (including phenoxy) is 3. The summed E-state index contributed by atoms with van der Waals surface area (Å²) < 4.78 is 17.1. The minimum atomic E-state index is -0.828. The zero-order valence-electron chi connectivity index (χ0n) is 46.4. The van der Waals surface area contributed by atoms with Gasteiger partial charge >= 0.3 is 23.9 Å². The molecule has 17 nitrogen and oxygen atoms in total. The van der Waals surface area contributed by atoms with E-state index in [0.29, 0.717) is 71.6 Å². The average molecular weight is 1020 g/mol. The second-order valence-corrected chi connectivity index (χ2v) is 26.1. The monoisotopic (exact) mass is 1020 g/mol. The number of fused-ring (bicyclic) bond motifs is 5. The third-order valence-corrected chi connectivity index (χ3v) is 17.1. The van der Waals surface area contributed by atoms with Crippen molar-refractivity contribution in [3.63, 3.8) is 0 Å². The van der Waals surface area contributed by atoms with Crippen molar-refractivity contribution in [3.8, 4) is 0 Å². The van der Waals surface area contributed by atoms with Gasteiger partial charge in [0.1, 0.15) is 16.8 Å². The van der Waals surface area contributed by atoms with Crippen LogP contribution in [0.5, 0.6) is 0 Å². The number of carbonyl (C=O) groups is 5. The van der Waals surface area contributed by atoms with E-state index in [4.69, 9.17) is 14.2 Å². The van der Waals surface area contributed by atoms with Crippen LogP contribution in [0.2, 0.25) is 0 Å². The van der Waals surface area contributed by atoms with E-state index in [1.165, 1.54) is 0 Å². The molecule has 72 heavy (non-hydrogen) atoms. The molecule has 4 aliphatic carbocycles. The standard InChI is InChI=1S/C55H97N5O12/c1-36(13-18-46(65)66)40-15-16-41-50-42(31-44(63)55(40,41)12)54(11)20-19-38(29-37(54)30-43(50)62)56-45(64)17-14-39(61)32-57-21-23-58(33-47(67)70-51(2,3)4)25-27-60(35-49(69)72-53(8,9)10)28-26-59(24-22-57)34-48(68)71-52(5,6)7/h36-44,50,61-63H,13-35H2,1-12H3,(H,56,64)(H,65,66)/t36-,37+,38+,39?,40-,41+,42+,43-,44+,50+,54+,55-/m1/s1. The fourth-order valence-corrected chi connectivity index (χ4v) is 13.7. The van der Waals surface area contributed by atoms with E-state index in [1.807, 2.05) is 77.0 Å². The van der Waals surface area contributed by atoms with Gasteiger partial charge in [-0.15, -0.1) is 0 Å². The first-order valence-electron chi connectivity index (χ1n) is 27.5.